The zero-order valence-electron chi connectivity index (χ0n) is 18.3. The van der Waals surface area contributed by atoms with Gasteiger partial charge in [-0.1, -0.05) is 0 Å². The fourth-order valence-electron chi connectivity index (χ4n) is 8.40. The third kappa shape index (κ3) is 2.80. The van der Waals surface area contributed by atoms with E-state index in [0.717, 1.165) is 38.6 Å². The molecular formula is C22H35N3O6. The van der Waals surface area contributed by atoms with Crippen molar-refractivity contribution < 1.29 is 29.3 Å². The van der Waals surface area contributed by atoms with Crippen LogP contribution in [-0.4, -0.2) is 89.7 Å². The van der Waals surface area contributed by atoms with E-state index in [9.17, 15) is 19.8 Å². The monoisotopic (exact) mass is 437 g/mol. The summed E-state index contributed by atoms with van der Waals surface area (Å²) >= 11 is 0. The maximum absolute atomic E-state index is 11.8. The van der Waals surface area contributed by atoms with E-state index in [0.29, 0.717) is 12.3 Å². The van der Waals surface area contributed by atoms with E-state index in [4.69, 9.17) is 15.2 Å². The van der Waals surface area contributed by atoms with Crippen LogP contribution in [0.2, 0.25) is 0 Å². The van der Waals surface area contributed by atoms with Crippen molar-refractivity contribution in [3.8, 4) is 0 Å². The third-order valence-electron chi connectivity index (χ3n) is 9.42. The summed E-state index contributed by atoms with van der Waals surface area (Å²) < 4.78 is 13.1. The molecule has 2 bridgehead atoms. The molecule has 5 N–H and O–H groups in total. The van der Waals surface area contributed by atoms with Crippen LogP contribution in [-0.2, 0) is 19.1 Å². The number of methoxy groups -OCH3 is 1. The number of ether oxygens (including phenoxy) is 2. The second-order valence-corrected chi connectivity index (χ2v) is 10.4. The first-order valence-corrected chi connectivity index (χ1v) is 11.6. The smallest absolute Gasteiger partial charge is 0.321 e. The lowest BCUT2D eigenvalue weighted by Crippen LogP contribution is -2.78. The van der Waals surface area contributed by atoms with Crippen LogP contribution >= 0.6 is 0 Å². The van der Waals surface area contributed by atoms with Crippen molar-refractivity contribution in [2.75, 3.05) is 20.7 Å². The zero-order chi connectivity index (χ0) is 22.1. The number of rotatable bonds is 6. The Bertz CT molecular complexity index is 766. The minimum absolute atomic E-state index is 0.204. The number of nitrogens with zero attached hydrogens (tertiary/aromatic N) is 1. The zero-order valence-corrected chi connectivity index (χ0v) is 18.3. The average Bonchev–Trinajstić information content (AvgIpc) is 3.08. The number of primary amides is 1. The van der Waals surface area contributed by atoms with Crippen molar-refractivity contribution in [1.82, 2.24) is 10.2 Å². The Kier molecular flexibility index (Phi) is 5.14. The summed E-state index contributed by atoms with van der Waals surface area (Å²) in [6.07, 6.45) is 3.88. The number of piperidine rings is 1. The average molecular weight is 438 g/mol. The van der Waals surface area contributed by atoms with Crippen molar-refractivity contribution in [2.24, 2.45) is 23.0 Å². The normalized spacial score (nSPS) is 49.3. The van der Waals surface area contributed by atoms with Crippen LogP contribution in [0.15, 0.2) is 0 Å². The van der Waals surface area contributed by atoms with Gasteiger partial charge in [-0.25, -0.2) is 0 Å². The van der Waals surface area contributed by atoms with Crippen LogP contribution in [0.5, 0.6) is 0 Å². The number of aliphatic hydroxyl groups excluding tert-OH is 1. The Morgan fingerprint density at radius 1 is 1.32 bits per heavy atom. The molecule has 5 rings (SSSR count). The van der Waals surface area contributed by atoms with Crippen LogP contribution < -0.4 is 11.1 Å². The molecule has 5 fully saturated rings. The number of nitrogens with one attached hydrogen (secondary N) is 1. The fraction of sp³-hybridized carbons (Fsp3) is 0.909. The number of hydrogen-bond donors (Lipinski definition) is 4. The molecule has 174 valence electrons. The number of carboxylic acids is 1. The standard InChI is InChI=1S/C22H35N3O6/c1-25-8-7-21-17-11-3-4-14(26)18(17)31-19(21)12(24-13(20(28)29)10-16(23)27)5-6-22(21,30-2)15(25)9-11/h11-15,17-19,24,26H,3-10H2,1-2H3,(H2,23,27)(H,28,29)/t11?,12-,13+,14?,15?,17?,18?,19+,21+,22-/m1/s1. The van der Waals surface area contributed by atoms with Crippen LogP contribution in [0, 0.1) is 17.3 Å². The predicted molar refractivity (Wildman–Crippen MR) is 110 cm³/mol. The van der Waals surface area contributed by atoms with Crippen LogP contribution in [0.3, 0.4) is 0 Å². The van der Waals surface area contributed by atoms with Gasteiger partial charge in [-0.15, -0.1) is 0 Å². The van der Waals surface area contributed by atoms with Gasteiger partial charge in [-0.2, -0.15) is 0 Å². The van der Waals surface area contributed by atoms with Crippen LogP contribution in [0.4, 0.5) is 0 Å². The van der Waals surface area contributed by atoms with E-state index < -0.39 is 24.0 Å². The van der Waals surface area contributed by atoms with Gasteiger partial charge >= 0.3 is 5.97 Å². The van der Waals surface area contributed by atoms with Crippen molar-refractivity contribution in [2.45, 2.75) is 87.0 Å². The Labute approximate surface area is 182 Å². The predicted octanol–water partition coefficient (Wildman–Crippen LogP) is -0.299. The molecule has 3 aliphatic carbocycles. The number of hydrogen-bond acceptors (Lipinski definition) is 7. The highest BCUT2D eigenvalue weighted by molar-refractivity contribution is 5.83. The van der Waals surface area contributed by atoms with Crippen molar-refractivity contribution in [1.29, 1.82) is 0 Å². The highest BCUT2D eigenvalue weighted by atomic mass is 16.5. The Morgan fingerprint density at radius 2 is 2.10 bits per heavy atom. The molecule has 9 heteroatoms. The molecule has 5 unspecified atom stereocenters. The molecule has 0 aromatic heterocycles. The van der Waals surface area contributed by atoms with Crippen molar-refractivity contribution in [3.05, 3.63) is 0 Å². The first-order valence-electron chi connectivity index (χ1n) is 11.6. The van der Waals surface area contributed by atoms with Gasteiger partial charge in [0.25, 0.3) is 0 Å². The number of likely N-dealkylation sites (tertiary alicyclic amines) is 1. The van der Waals surface area contributed by atoms with Gasteiger partial charge in [-0.3, -0.25) is 14.9 Å². The van der Waals surface area contributed by atoms with Crippen molar-refractivity contribution >= 4 is 11.9 Å². The molecular weight excluding hydrogens is 402 g/mol. The second-order valence-electron chi connectivity index (χ2n) is 10.4. The molecule has 3 saturated carbocycles. The van der Waals surface area contributed by atoms with Gasteiger partial charge in [-0.05, 0) is 58.0 Å². The lowest BCUT2D eigenvalue weighted by Gasteiger charge is -2.69. The summed E-state index contributed by atoms with van der Waals surface area (Å²) in [7, 11) is 3.98. The highest BCUT2D eigenvalue weighted by Crippen LogP contribution is 2.70. The SMILES string of the molecule is CO[C@]12CC[C@@H](N[C@@H](CC(N)=O)C(=O)O)[C@@H]3OC4C(O)CCC5CC1N(C)CC[C@]32C54. The molecule has 0 aromatic rings. The number of aliphatic hydroxyl groups is 1. The summed E-state index contributed by atoms with van der Waals surface area (Å²) in [6, 6.07) is -0.995. The summed E-state index contributed by atoms with van der Waals surface area (Å²) in [4.78, 5) is 25.7. The second kappa shape index (κ2) is 7.38. The number of carbonyl (C=O) groups is 2. The highest BCUT2D eigenvalue weighted by Gasteiger charge is 2.78. The summed E-state index contributed by atoms with van der Waals surface area (Å²) in [6.45, 7) is 0.929. The van der Waals surface area contributed by atoms with Gasteiger partial charge in [0.1, 0.15) is 6.04 Å². The minimum Gasteiger partial charge on any atom is -0.480 e. The molecule has 0 aromatic carbocycles. The van der Waals surface area contributed by atoms with Gasteiger partial charge in [0.2, 0.25) is 5.91 Å². The lowest BCUT2D eigenvalue weighted by molar-refractivity contribution is -0.269. The van der Waals surface area contributed by atoms with E-state index >= 15 is 0 Å². The Hall–Kier alpha value is -1.26. The molecule has 2 aliphatic heterocycles. The first-order chi connectivity index (χ1) is 14.7. The summed E-state index contributed by atoms with van der Waals surface area (Å²) in [5, 5.41) is 23.8. The third-order valence-corrected chi connectivity index (χ3v) is 9.42. The molecule has 31 heavy (non-hydrogen) atoms. The van der Waals surface area contributed by atoms with E-state index in [-0.39, 0.29) is 47.6 Å². The van der Waals surface area contributed by atoms with Gasteiger partial charge < -0.3 is 30.3 Å². The fourth-order valence-corrected chi connectivity index (χ4v) is 8.40. The molecule has 9 nitrogen and oxygen atoms in total. The Morgan fingerprint density at radius 3 is 2.77 bits per heavy atom. The van der Waals surface area contributed by atoms with Gasteiger partial charge in [0.15, 0.2) is 0 Å². The number of aliphatic carboxylic acids is 1. The quantitative estimate of drug-likeness (QED) is 0.445. The van der Waals surface area contributed by atoms with Crippen LogP contribution in [0.1, 0.15) is 44.9 Å². The molecule has 2 heterocycles. The molecule has 1 spiro atoms. The first kappa shape index (κ1) is 21.6. The topological polar surface area (TPSA) is 134 Å². The van der Waals surface area contributed by atoms with Crippen LogP contribution in [0.25, 0.3) is 0 Å². The van der Waals surface area contributed by atoms with E-state index in [1.54, 1.807) is 7.11 Å². The molecule has 1 amide bonds. The maximum atomic E-state index is 11.8. The Balaban J connectivity index is 1.56. The number of nitrogens with two attached hydrogens (primary N) is 1. The maximum Gasteiger partial charge on any atom is 0.321 e. The van der Waals surface area contributed by atoms with Gasteiger partial charge in [0, 0.05) is 30.5 Å². The molecule has 0 radical (unpaired) electrons. The lowest BCUT2D eigenvalue weighted by atomic mass is 9.42. The number of likely N-dealkylation sites (N-methyl/N-ethyl adjacent to an activating group) is 1. The van der Waals surface area contributed by atoms with E-state index in [1.165, 1.54) is 0 Å². The van der Waals surface area contributed by atoms with Crippen molar-refractivity contribution in [3.63, 3.8) is 0 Å². The number of amides is 1. The molecule has 10 atom stereocenters. The minimum atomic E-state index is -1.09. The summed E-state index contributed by atoms with van der Waals surface area (Å²) in [5.74, 6) is -1.06. The van der Waals surface area contributed by atoms with E-state index in [1.807, 2.05) is 0 Å². The van der Waals surface area contributed by atoms with E-state index in [2.05, 4.69) is 17.3 Å². The largest absolute Gasteiger partial charge is 0.480 e. The molecule has 5 aliphatic rings. The van der Waals surface area contributed by atoms with Gasteiger partial charge in [0.05, 0.1) is 30.3 Å². The summed E-state index contributed by atoms with van der Waals surface area (Å²) in [5.41, 5.74) is 4.66. The number of carboxylic acid groups (broad SMARTS) is 1. The molecule has 2 saturated heterocycles. The number of carbonyl (C=O) groups excluding carboxylic acids is 1.